The Morgan fingerprint density at radius 1 is 0.750 bits per heavy atom. The fourth-order valence-corrected chi connectivity index (χ4v) is 3.05. The highest BCUT2D eigenvalue weighted by atomic mass is 15.1. The lowest BCUT2D eigenvalue weighted by molar-refractivity contribution is 0.311. The predicted octanol–water partition coefficient (Wildman–Crippen LogP) is 4.66. The van der Waals surface area contributed by atoms with Crippen molar-refractivity contribution >= 4 is 10.9 Å². The van der Waals surface area contributed by atoms with Gasteiger partial charge in [0, 0.05) is 29.3 Å². The van der Waals surface area contributed by atoms with Crippen molar-refractivity contribution < 1.29 is 0 Å². The molecule has 0 saturated heterocycles. The topological polar surface area (TPSA) is 29.0 Å². The maximum absolute atomic E-state index is 4.65. The van der Waals surface area contributed by atoms with Crippen LogP contribution < -0.4 is 0 Å². The van der Waals surface area contributed by atoms with Crippen molar-refractivity contribution in [3.8, 4) is 11.8 Å². The fourth-order valence-electron chi connectivity index (χ4n) is 3.05. The van der Waals surface area contributed by atoms with E-state index in [-0.39, 0.29) is 0 Å². The van der Waals surface area contributed by atoms with E-state index in [1.54, 1.807) is 0 Å². The Kier molecular flexibility index (Phi) is 5.42. The second-order valence-electron chi connectivity index (χ2n) is 6.83. The Balaban J connectivity index is 1.39. The van der Waals surface area contributed by atoms with Crippen LogP contribution in [0.25, 0.3) is 10.9 Å². The molecule has 3 nitrogen and oxygen atoms in total. The molecule has 0 spiro atoms. The third-order valence-corrected chi connectivity index (χ3v) is 4.48. The van der Waals surface area contributed by atoms with Crippen LogP contribution in [0.2, 0.25) is 0 Å². The number of fused-ring (bicyclic) bond motifs is 1. The fraction of sp³-hybridized carbons (Fsp3) is 0.120. The molecular formula is C25H21N3. The van der Waals surface area contributed by atoms with Gasteiger partial charge in [-0.1, -0.05) is 60.4 Å². The van der Waals surface area contributed by atoms with Crippen molar-refractivity contribution in [3.63, 3.8) is 0 Å². The van der Waals surface area contributed by atoms with E-state index in [1.807, 2.05) is 60.8 Å². The molecule has 0 bridgehead atoms. The van der Waals surface area contributed by atoms with Crippen molar-refractivity contribution in [2.45, 2.75) is 13.1 Å². The van der Waals surface area contributed by atoms with E-state index in [2.05, 4.69) is 58.0 Å². The van der Waals surface area contributed by atoms with Gasteiger partial charge in [-0.2, -0.15) is 0 Å². The average molecular weight is 363 g/mol. The van der Waals surface area contributed by atoms with Crippen molar-refractivity contribution in [3.05, 3.63) is 108 Å². The first kappa shape index (κ1) is 17.9. The van der Waals surface area contributed by atoms with Crippen molar-refractivity contribution in [1.82, 2.24) is 14.9 Å². The molecule has 0 atom stereocenters. The molecule has 0 aliphatic rings. The number of rotatable bonds is 4. The van der Waals surface area contributed by atoms with Crippen LogP contribution in [0.3, 0.4) is 0 Å². The molecule has 0 aliphatic carbocycles. The average Bonchev–Trinajstić information content (AvgIpc) is 2.74. The largest absolute Gasteiger partial charge is 0.295 e. The lowest BCUT2D eigenvalue weighted by Gasteiger charge is -2.16. The molecule has 4 rings (SSSR count). The van der Waals surface area contributed by atoms with Crippen molar-refractivity contribution in [2.75, 3.05) is 7.05 Å². The van der Waals surface area contributed by atoms with Crippen LogP contribution in [-0.2, 0) is 13.1 Å². The summed E-state index contributed by atoms with van der Waals surface area (Å²) >= 11 is 0. The summed E-state index contributed by atoms with van der Waals surface area (Å²) in [7, 11) is 2.08. The Bertz CT molecular complexity index is 1120. The number of nitrogens with zero attached hydrogens (tertiary/aromatic N) is 3. The third-order valence-electron chi connectivity index (χ3n) is 4.48. The summed E-state index contributed by atoms with van der Waals surface area (Å²) in [4.78, 5) is 11.4. The highest BCUT2D eigenvalue weighted by Crippen LogP contribution is 2.12. The Hall–Kier alpha value is -3.48. The van der Waals surface area contributed by atoms with Crippen molar-refractivity contribution in [2.24, 2.45) is 0 Å². The molecule has 28 heavy (non-hydrogen) atoms. The van der Waals surface area contributed by atoms with Crippen molar-refractivity contribution in [1.29, 1.82) is 0 Å². The first-order valence-corrected chi connectivity index (χ1v) is 9.31. The zero-order chi connectivity index (χ0) is 19.2. The smallest absolute Gasteiger partial charge is 0.142 e. The van der Waals surface area contributed by atoms with E-state index < -0.39 is 0 Å². The van der Waals surface area contributed by atoms with E-state index in [0.29, 0.717) is 6.54 Å². The maximum Gasteiger partial charge on any atom is 0.142 e. The number of hydrogen-bond donors (Lipinski definition) is 0. The van der Waals surface area contributed by atoms with Crippen LogP contribution >= 0.6 is 0 Å². The Labute approximate surface area is 165 Å². The summed E-state index contributed by atoms with van der Waals surface area (Å²) in [6.45, 7) is 1.54. The minimum atomic E-state index is 0.709. The summed E-state index contributed by atoms with van der Waals surface area (Å²) in [5.41, 5.74) is 4.28. The van der Waals surface area contributed by atoms with E-state index in [9.17, 15) is 0 Å². The highest BCUT2D eigenvalue weighted by Gasteiger charge is 2.05. The highest BCUT2D eigenvalue weighted by molar-refractivity contribution is 5.77. The molecule has 0 saturated carbocycles. The molecule has 4 aromatic rings. The maximum atomic E-state index is 4.65. The zero-order valence-electron chi connectivity index (χ0n) is 15.8. The van der Waals surface area contributed by atoms with Gasteiger partial charge in [0.05, 0.1) is 12.1 Å². The molecular weight excluding hydrogens is 342 g/mol. The lowest BCUT2D eigenvalue weighted by Crippen LogP contribution is -2.18. The first-order chi connectivity index (χ1) is 13.8. The van der Waals surface area contributed by atoms with Crippen LogP contribution in [0.4, 0.5) is 0 Å². The van der Waals surface area contributed by atoms with Gasteiger partial charge in [0.1, 0.15) is 5.82 Å². The second kappa shape index (κ2) is 8.47. The van der Waals surface area contributed by atoms with Crippen LogP contribution in [0.1, 0.15) is 22.5 Å². The Morgan fingerprint density at radius 2 is 1.43 bits per heavy atom. The third kappa shape index (κ3) is 4.62. The van der Waals surface area contributed by atoms with Gasteiger partial charge in [-0.25, -0.2) is 9.97 Å². The van der Waals surface area contributed by atoms with Crippen LogP contribution in [-0.4, -0.2) is 21.9 Å². The first-order valence-electron chi connectivity index (χ1n) is 9.31. The van der Waals surface area contributed by atoms with Gasteiger partial charge < -0.3 is 0 Å². The summed E-state index contributed by atoms with van der Waals surface area (Å²) in [5, 5.41) is 1.07. The number of hydrogen-bond acceptors (Lipinski definition) is 3. The summed E-state index contributed by atoms with van der Waals surface area (Å²) in [6, 6.07) is 26.5. The van der Waals surface area contributed by atoms with Crippen LogP contribution in [0.5, 0.6) is 0 Å². The van der Waals surface area contributed by atoms with Crippen LogP contribution in [0, 0.1) is 11.8 Å². The number of benzene rings is 3. The molecule has 1 heterocycles. The van der Waals surface area contributed by atoms with Gasteiger partial charge in [-0.3, -0.25) is 4.90 Å². The standard InChI is InChI=1S/C25H21N3/c1-28(19-25-26-17-23-9-5-6-10-24(23)27-25)18-22-15-13-21(14-16-22)12-11-20-7-3-2-4-8-20/h2-10,13-17H,18-19H2,1H3. The molecule has 0 unspecified atom stereocenters. The van der Waals surface area contributed by atoms with E-state index in [0.717, 1.165) is 34.4 Å². The lowest BCUT2D eigenvalue weighted by atomic mass is 10.1. The Morgan fingerprint density at radius 3 is 2.21 bits per heavy atom. The molecule has 136 valence electrons. The SMILES string of the molecule is CN(Cc1ccc(C#Cc2ccccc2)cc1)Cc1ncc2ccccc2n1. The number of para-hydroxylation sites is 1. The van der Waals surface area contributed by atoms with E-state index in [4.69, 9.17) is 0 Å². The number of aromatic nitrogens is 2. The van der Waals surface area contributed by atoms with Gasteiger partial charge in [-0.05, 0) is 42.9 Å². The molecule has 0 amide bonds. The van der Waals surface area contributed by atoms with E-state index >= 15 is 0 Å². The second-order valence-corrected chi connectivity index (χ2v) is 6.83. The summed E-state index contributed by atoms with van der Waals surface area (Å²) in [6.07, 6.45) is 1.89. The van der Waals surface area contributed by atoms with Gasteiger partial charge in [0.15, 0.2) is 0 Å². The normalized spacial score (nSPS) is 10.6. The molecule has 3 heteroatoms. The van der Waals surface area contributed by atoms with Gasteiger partial charge in [-0.15, -0.1) is 0 Å². The van der Waals surface area contributed by atoms with E-state index in [1.165, 1.54) is 5.56 Å². The predicted molar refractivity (Wildman–Crippen MR) is 114 cm³/mol. The monoisotopic (exact) mass is 363 g/mol. The minimum absolute atomic E-state index is 0.709. The summed E-state index contributed by atoms with van der Waals surface area (Å²) in [5.74, 6) is 7.25. The van der Waals surface area contributed by atoms with Gasteiger partial charge in [0.2, 0.25) is 0 Å². The molecule has 1 aromatic heterocycles. The minimum Gasteiger partial charge on any atom is -0.295 e. The molecule has 3 aromatic carbocycles. The van der Waals surface area contributed by atoms with Crippen LogP contribution in [0.15, 0.2) is 85.1 Å². The summed E-state index contributed by atoms with van der Waals surface area (Å²) < 4.78 is 0. The van der Waals surface area contributed by atoms with Gasteiger partial charge >= 0.3 is 0 Å². The zero-order valence-corrected chi connectivity index (χ0v) is 15.8. The molecule has 0 N–H and O–H groups in total. The van der Waals surface area contributed by atoms with Gasteiger partial charge in [0.25, 0.3) is 0 Å². The quantitative estimate of drug-likeness (QED) is 0.494. The molecule has 0 aliphatic heterocycles. The molecule has 0 radical (unpaired) electrons. The molecule has 0 fully saturated rings.